The van der Waals surface area contributed by atoms with E-state index >= 15 is 0 Å². The SMILES string of the molecule is CNc1ccc(Cl)c(C(=O)Nc2ccncc2F)n1. The van der Waals surface area contributed by atoms with Gasteiger partial charge in [-0.3, -0.25) is 9.78 Å². The molecule has 7 heteroatoms. The van der Waals surface area contributed by atoms with Crippen LogP contribution >= 0.6 is 11.6 Å². The van der Waals surface area contributed by atoms with Gasteiger partial charge in [-0.15, -0.1) is 0 Å². The highest BCUT2D eigenvalue weighted by Crippen LogP contribution is 2.19. The first kappa shape index (κ1) is 13.2. The van der Waals surface area contributed by atoms with Crippen molar-refractivity contribution in [2.75, 3.05) is 17.7 Å². The lowest BCUT2D eigenvalue weighted by molar-refractivity contribution is 0.102. The molecule has 0 aliphatic heterocycles. The first-order valence-electron chi connectivity index (χ1n) is 5.37. The van der Waals surface area contributed by atoms with Crippen LogP contribution in [0, 0.1) is 5.82 Å². The molecule has 2 aromatic heterocycles. The Morgan fingerprint density at radius 3 is 2.84 bits per heavy atom. The van der Waals surface area contributed by atoms with Gasteiger partial charge in [-0.1, -0.05) is 11.6 Å². The molecule has 2 heterocycles. The van der Waals surface area contributed by atoms with Crippen LogP contribution in [0.4, 0.5) is 15.9 Å². The molecule has 0 fully saturated rings. The standard InChI is InChI=1S/C12H10ClFN4O/c1-15-10-3-2-7(13)11(18-10)12(19)17-9-4-5-16-6-8(9)14/h2-6H,1H3,(H,15,18)(H,16,17,19). The second-order valence-corrected chi connectivity index (χ2v) is 3.99. The smallest absolute Gasteiger partial charge is 0.275 e. The predicted octanol–water partition coefficient (Wildman–Crippen LogP) is 2.56. The highest BCUT2D eigenvalue weighted by atomic mass is 35.5. The number of nitrogens with one attached hydrogen (secondary N) is 2. The maximum atomic E-state index is 13.4. The van der Waals surface area contributed by atoms with Gasteiger partial charge in [-0.2, -0.15) is 0 Å². The number of amides is 1. The molecule has 0 aliphatic rings. The van der Waals surface area contributed by atoms with Gasteiger partial charge in [-0.05, 0) is 18.2 Å². The molecular weight excluding hydrogens is 271 g/mol. The second-order valence-electron chi connectivity index (χ2n) is 3.59. The van der Waals surface area contributed by atoms with Crippen LogP contribution in [0.3, 0.4) is 0 Å². The average Bonchev–Trinajstić information content (AvgIpc) is 2.42. The van der Waals surface area contributed by atoms with Crippen molar-refractivity contribution in [3.8, 4) is 0 Å². The van der Waals surface area contributed by atoms with Gasteiger partial charge in [0, 0.05) is 13.2 Å². The fourth-order valence-corrected chi connectivity index (χ4v) is 1.59. The lowest BCUT2D eigenvalue weighted by Gasteiger charge is -2.08. The fraction of sp³-hybridized carbons (Fsp3) is 0.0833. The Bertz CT molecular complexity index is 620. The molecule has 0 saturated heterocycles. The monoisotopic (exact) mass is 280 g/mol. The Hall–Kier alpha value is -2.21. The zero-order valence-corrected chi connectivity index (χ0v) is 10.7. The summed E-state index contributed by atoms with van der Waals surface area (Å²) in [6.45, 7) is 0. The number of nitrogens with zero attached hydrogens (tertiary/aromatic N) is 2. The zero-order valence-electron chi connectivity index (χ0n) is 9.95. The number of aromatic nitrogens is 2. The summed E-state index contributed by atoms with van der Waals surface area (Å²) in [5.74, 6) is -0.728. The molecule has 0 radical (unpaired) electrons. The molecule has 5 nitrogen and oxygen atoms in total. The van der Waals surface area contributed by atoms with E-state index in [1.807, 2.05) is 0 Å². The van der Waals surface area contributed by atoms with Crippen LogP contribution in [0.15, 0.2) is 30.6 Å². The van der Waals surface area contributed by atoms with Gasteiger partial charge in [0.25, 0.3) is 5.91 Å². The predicted molar refractivity (Wildman–Crippen MR) is 70.9 cm³/mol. The van der Waals surface area contributed by atoms with Crippen molar-refractivity contribution in [2.45, 2.75) is 0 Å². The minimum absolute atomic E-state index is 0.0183. The molecule has 0 spiro atoms. The quantitative estimate of drug-likeness (QED) is 0.907. The molecule has 0 bridgehead atoms. The Labute approximate surface area is 113 Å². The molecule has 0 aromatic carbocycles. The van der Waals surface area contributed by atoms with E-state index in [0.717, 1.165) is 6.20 Å². The van der Waals surface area contributed by atoms with Crippen LogP contribution in [0.5, 0.6) is 0 Å². The highest BCUT2D eigenvalue weighted by Gasteiger charge is 2.14. The third-order valence-corrected chi connectivity index (χ3v) is 2.64. The molecule has 0 aliphatic carbocycles. The first-order chi connectivity index (χ1) is 9.11. The van der Waals surface area contributed by atoms with E-state index in [1.54, 1.807) is 13.1 Å². The van der Waals surface area contributed by atoms with Crippen molar-refractivity contribution in [1.82, 2.24) is 9.97 Å². The normalized spacial score (nSPS) is 10.1. The molecule has 98 valence electrons. The molecular formula is C12H10ClFN4O. The van der Waals surface area contributed by atoms with Gasteiger partial charge in [-0.25, -0.2) is 9.37 Å². The average molecular weight is 281 g/mol. The van der Waals surface area contributed by atoms with E-state index in [2.05, 4.69) is 20.6 Å². The van der Waals surface area contributed by atoms with E-state index in [-0.39, 0.29) is 16.4 Å². The molecule has 19 heavy (non-hydrogen) atoms. The van der Waals surface area contributed by atoms with Crippen LogP contribution in [0.25, 0.3) is 0 Å². The van der Waals surface area contributed by atoms with E-state index in [9.17, 15) is 9.18 Å². The van der Waals surface area contributed by atoms with Crippen LogP contribution in [0.2, 0.25) is 5.02 Å². The van der Waals surface area contributed by atoms with Crippen LogP contribution in [-0.2, 0) is 0 Å². The van der Waals surface area contributed by atoms with E-state index in [4.69, 9.17) is 11.6 Å². The Morgan fingerprint density at radius 1 is 1.37 bits per heavy atom. The van der Waals surface area contributed by atoms with Gasteiger partial charge in [0.2, 0.25) is 0 Å². The van der Waals surface area contributed by atoms with Gasteiger partial charge in [0.05, 0.1) is 16.9 Å². The van der Waals surface area contributed by atoms with Crippen LogP contribution in [-0.4, -0.2) is 22.9 Å². The summed E-state index contributed by atoms with van der Waals surface area (Å²) in [5.41, 5.74) is 0.0393. The maximum absolute atomic E-state index is 13.4. The second kappa shape index (κ2) is 5.62. The molecule has 0 unspecified atom stereocenters. The molecule has 1 amide bonds. The van der Waals surface area contributed by atoms with Crippen molar-refractivity contribution >= 4 is 29.0 Å². The third-order valence-electron chi connectivity index (χ3n) is 2.34. The number of carbonyl (C=O) groups excluding carboxylic acids is 1. The van der Waals surface area contributed by atoms with Crippen molar-refractivity contribution < 1.29 is 9.18 Å². The first-order valence-corrected chi connectivity index (χ1v) is 5.75. The summed E-state index contributed by atoms with van der Waals surface area (Å²) < 4.78 is 13.4. The van der Waals surface area contributed by atoms with Gasteiger partial charge >= 0.3 is 0 Å². The summed E-state index contributed by atoms with van der Waals surface area (Å²) in [6, 6.07) is 4.52. The Balaban J connectivity index is 2.28. The summed E-state index contributed by atoms with van der Waals surface area (Å²) in [4.78, 5) is 19.6. The number of hydrogen-bond donors (Lipinski definition) is 2. The van der Waals surface area contributed by atoms with Crippen LogP contribution < -0.4 is 10.6 Å². The third kappa shape index (κ3) is 2.97. The van der Waals surface area contributed by atoms with E-state index in [0.29, 0.717) is 5.82 Å². The van der Waals surface area contributed by atoms with Gasteiger partial charge in [0.15, 0.2) is 5.82 Å². The summed E-state index contributed by atoms with van der Waals surface area (Å²) in [5, 5.41) is 5.37. The molecule has 2 aromatic rings. The summed E-state index contributed by atoms with van der Waals surface area (Å²) in [6.07, 6.45) is 2.38. The molecule has 0 saturated carbocycles. The van der Waals surface area contributed by atoms with Gasteiger partial charge in [0.1, 0.15) is 11.5 Å². The minimum atomic E-state index is -0.628. The van der Waals surface area contributed by atoms with Crippen molar-refractivity contribution in [2.24, 2.45) is 0 Å². The van der Waals surface area contributed by atoms with Crippen molar-refractivity contribution in [3.63, 3.8) is 0 Å². The number of rotatable bonds is 3. The van der Waals surface area contributed by atoms with Gasteiger partial charge < -0.3 is 10.6 Å². The lowest BCUT2D eigenvalue weighted by Crippen LogP contribution is -2.16. The Morgan fingerprint density at radius 2 is 2.16 bits per heavy atom. The number of pyridine rings is 2. The zero-order chi connectivity index (χ0) is 13.8. The Kier molecular flexibility index (Phi) is 3.91. The summed E-state index contributed by atoms with van der Waals surface area (Å²) >= 11 is 5.90. The van der Waals surface area contributed by atoms with E-state index in [1.165, 1.54) is 18.3 Å². The maximum Gasteiger partial charge on any atom is 0.275 e. The lowest BCUT2D eigenvalue weighted by atomic mass is 10.3. The topological polar surface area (TPSA) is 66.9 Å². The minimum Gasteiger partial charge on any atom is -0.373 e. The molecule has 0 atom stereocenters. The number of hydrogen-bond acceptors (Lipinski definition) is 4. The molecule has 2 rings (SSSR count). The summed E-state index contributed by atoms with van der Waals surface area (Å²) in [7, 11) is 1.67. The number of halogens is 2. The van der Waals surface area contributed by atoms with E-state index < -0.39 is 11.7 Å². The number of anilines is 2. The van der Waals surface area contributed by atoms with Crippen molar-refractivity contribution in [3.05, 3.63) is 47.1 Å². The van der Waals surface area contributed by atoms with Crippen molar-refractivity contribution in [1.29, 1.82) is 0 Å². The fourth-order valence-electron chi connectivity index (χ4n) is 1.40. The molecule has 2 N–H and O–H groups in total. The van der Waals surface area contributed by atoms with Crippen LogP contribution in [0.1, 0.15) is 10.5 Å². The largest absolute Gasteiger partial charge is 0.373 e. The highest BCUT2D eigenvalue weighted by molar-refractivity contribution is 6.34. The number of carbonyl (C=O) groups is 1.